The molecular weight excluding hydrogens is 394 g/mol. The number of carbonyl (C=O) groups excluding carboxylic acids is 1. The molecule has 1 amide bonds. The molecule has 1 heterocycles. The lowest BCUT2D eigenvalue weighted by atomic mass is 10.2. The van der Waals surface area contributed by atoms with E-state index in [-0.39, 0.29) is 5.91 Å². The average Bonchev–Trinajstić information content (AvgIpc) is 3.02. The summed E-state index contributed by atoms with van der Waals surface area (Å²) in [6, 6.07) is 19.2. The predicted molar refractivity (Wildman–Crippen MR) is 106 cm³/mol. The van der Waals surface area contributed by atoms with Crippen molar-refractivity contribution < 1.29 is 9.53 Å². The molecule has 0 fully saturated rings. The van der Waals surface area contributed by atoms with Crippen molar-refractivity contribution in [1.82, 2.24) is 9.99 Å². The number of aryl methyl sites for hydroxylation is 1. The van der Waals surface area contributed by atoms with Gasteiger partial charge in [-0.05, 0) is 49.4 Å². The number of hydrazone groups is 1. The summed E-state index contributed by atoms with van der Waals surface area (Å²) in [5, 5.41) is 4.11. The number of nitrogens with one attached hydrogen (secondary N) is 1. The molecule has 0 bridgehead atoms. The number of methoxy groups -OCH3 is 1. The van der Waals surface area contributed by atoms with Crippen molar-refractivity contribution in [2.24, 2.45) is 5.10 Å². The van der Waals surface area contributed by atoms with Gasteiger partial charge in [-0.2, -0.15) is 5.10 Å². The predicted octanol–water partition coefficient (Wildman–Crippen LogP) is 4.32. The molecule has 0 spiro atoms. The van der Waals surface area contributed by atoms with Crippen LogP contribution in [0.25, 0.3) is 5.69 Å². The van der Waals surface area contributed by atoms with Gasteiger partial charge < -0.3 is 9.30 Å². The third-order valence-corrected chi connectivity index (χ3v) is 4.38. The second-order valence-electron chi connectivity index (χ2n) is 5.61. The van der Waals surface area contributed by atoms with E-state index in [0.29, 0.717) is 11.3 Å². The van der Waals surface area contributed by atoms with Gasteiger partial charge in [-0.1, -0.05) is 34.1 Å². The first kappa shape index (κ1) is 17.9. The zero-order valence-electron chi connectivity index (χ0n) is 14.4. The van der Waals surface area contributed by atoms with Gasteiger partial charge in [0.05, 0.1) is 24.6 Å². The normalized spacial score (nSPS) is 10.9. The van der Waals surface area contributed by atoms with E-state index in [1.165, 1.54) is 7.11 Å². The highest BCUT2D eigenvalue weighted by Gasteiger charge is 2.12. The van der Waals surface area contributed by atoms with Gasteiger partial charge in [0.2, 0.25) is 0 Å². The summed E-state index contributed by atoms with van der Waals surface area (Å²) >= 11 is 3.36. The van der Waals surface area contributed by atoms with Gasteiger partial charge in [0, 0.05) is 15.9 Å². The molecule has 0 aliphatic carbocycles. The standard InChI is InChI=1S/C20H18BrN3O2/c1-14-8-10-17(24(14)16-6-4-3-5-7-16)13-22-23-20(25)18-12-15(21)9-11-19(18)26-2/h3-13H,1-2H3,(H,23,25)/b22-13+. The van der Waals surface area contributed by atoms with E-state index in [9.17, 15) is 4.79 Å². The molecule has 0 aliphatic rings. The highest BCUT2D eigenvalue weighted by atomic mass is 79.9. The van der Waals surface area contributed by atoms with Gasteiger partial charge in [-0.3, -0.25) is 4.79 Å². The van der Waals surface area contributed by atoms with Crippen LogP contribution in [0.15, 0.2) is 70.2 Å². The minimum Gasteiger partial charge on any atom is -0.496 e. The maximum absolute atomic E-state index is 12.4. The van der Waals surface area contributed by atoms with Crippen LogP contribution in [0.1, 0.15) is 21.7 Å². The largest absolute Gasteiger partial charge is 0.496 e. The Kier molecular flexibility index (Phi) is 5.53. The van der Waals surface area contributed by atoms with E-state index in [4.69, 9.17) is 4.74 Å². The van der Waals surface area contributed by atoms with Crippen LogP contribution in [0.2, 0.25) is 0 Å². The molecule has 5 nitrogen and oxygen atoms in total. The lowest BCUT2D eigenvalue weighted by Crippen LogP contribution is -2.18. The number of hydrogen-bond donors (Lipinski definition) is 1. The molecule has 132 valence electrons. The van der Waals surface area contributed by atoms with Crippen molar-refractivity contribution in [3.05, 3.63) is 82.1 Å². The van der Waals surface area contributed by atoms with Crippen molar-refractivity contribution in [1.29, 1.82) is 0 Å². The number of nitrogens with zero attached hydrogens (tertiary/aromatic N) is 2. The molecule has 0 unspecified atom stereocenters. The summed E-state index contributed by atoms with van der Waals surface area (Å²) in [5.41, 5.74) is 5.95. The molecule has 0 atom stereocenters. The van der Waals surface area contributed by atoms with Crippen LogP contribution in [0.3, 0.4) is 0 Å². The third-order valence-electron chi connectivity index (χ3n) is 3.89. The number of ether oxygens (including phenoxy) is 1. The van der Waals surface area contributed by atoms with Crippen molar-refractivity contribution in [3.8, 4) is 11.4 Å². The lowest BCUT2D eigenvalue weighted by molar-refractivity contribution is 0.0952. The Hall–Kier alpha value is -2.86. The van der Waals surface area contributed by atoms with Gasteiger partial charge in [0.1, 0.15) is 5.75 Å². The minimum absolute atomic E-state index is 0.339. The topological polar surface area (TPSA) is 55.6 Å². The van der Waals surface area contributed by atoms with Gasteiger partial charge in [0.15, 0.2) is 0 Å². The molecule has 3 rings (SSSR count). The molecule has 0 saturated carbocycles. The molecule has 2 aromatic carbocycles. The number of para-hydroxylation sites is 1. The Morgan fingerprint density at radius 3 is 2.65 bits per heavy atom. The number of halogens is 1. The third kappa shape index (κ3) is 3.86. The van der Waals surface area contributed by atoms with Crippen LogP contribution < -0.4 is 10.2 Å². The molecule has 6 heteroatoms. The van der Waals surface area contributed by atoms with E-state index >= 15 is 0 Å². The summed E-state index contributed by atoms with van der Waals surface area (Å²) in [4.78, 5) is 12.4. The Morgan fingerprint density at radius 1 is 1.15 bits per heavy atom. The van der Waals surface area contributed by atoms with E-state index in [0.717, 1.165) is 21.5 Å². The summed E-state index contributed by atoms with van der Waals surface area (Å²) in [5.74, 6) is 0.151. The summed E-state index contributed by atoms with van der Waals surface area (Å²) in [6.45, 7) is 2.02. The van der Waals surface area contributed by atoms with Crippen LogP contribution in [0, 0.1) is 6.92 Å². The van der Waals surface area contributed by atoms with Crippen LogP contribution in [0.5, 0.6) is 5.75 Å². The van der Waals surface area contributed by atoms with E-state index in [1.807, 2.05) is 55.5 Å². The van der Waals surface area contributed by atoms with Crippen molar-refractivity contribution >= 4 is 28.1 Å². The first-order valence-corrected chi connectivity index (χ1v) is 8.80. The molecule has 1 aromatic heterocycles. The van der Waals surface area contributed by atoms with Crippen LogP contribution >= 0.6 is 15.9 Å². The maximum Gasteiger partial charge on any atom is 0.275 e. The quantitative estimate of drug-likeness (QED) is 0.501. The fraction of sp³-hybridized carbons (Fsp3) is 0.100. The zero-order valence-corrected chi connectivity index (χ0v) is 16.0. The number of aromatic nitrogens is 1. The molecule has 0 aliphatic heterocycles. The van der Waals surface area contributed by atoms with Crippen LogP contribution in [-0.4, -0.2) is 23.8 Å². The summed E-state index contributed by atoms with van der Waals surface area (Å²) in [6.07, 6.45) is 1.63. The number of benzene rings is 2. The van der Waals surface area contributed by atoms with Crippen LogP contribution in [0.4, 0.5) is 0 Å². The Bertz CT molecular complexity index is 949. The average molecular weight is 412 g/mol. The Morgan fingerprint density at radius 2 is 1.92 bits per heavy atom. The fourth-order valence-corrected chi connectivity index (χ4v) is 3.03. The number of amides is 1. The van der Waals surface area contributed by atoms with E-state index in [1.54, 1.807) is 18.3 Å². The lowest BCUT2D eigenvalue weighted by Gasteiger charge is -2.09. The first-order valence-electron chi connectivity index (χ1n) is 8.01. The Balaban J connectivity index is 1.80. The van der Waals surface area contributed by atoms with Crippen LogP contribution in [-0.2, 0) is 0 Å². The number of rotatable bonds is 5. The van der Waals surface area contributed by atoms with E-state index < -0.39 is 0 Å². The van der Waals surface area contributed by atoms with Gasteiger partial charge in [0.25, 0.3) is 5.91 Å². The summed E-state index contributed by atoms with van der Waals surface area (Å²) in [7, 11) is 1.53. The molecule has 0 saturated heterocycles. The van der Waals surface area contributed by atoms with Crippen molar-refractivity contribution in [2.45, 2.75) is 6.92 Å². The Labute approximate surface area is 160 Å². The molecule has 3 aromatic rings. The maximum atomic E-state index is 12.4. The highest BCUT2D eigenvalue weighted by Crippen LogP contribution is 2.22. The van der Waals surface area contributed by atoms with Gasteiger partial charge in [-0.25, -0.2) is 5.43 Å². The van der Waals surface area contributed by atoms with Crippen molar-refractivity contribution in [2.75, 3.05) is 7.11 Å². The fourth-order valence-electron chi connectivity index (χ4n) is 2.66. The monoisotopic (exact) mass is 411 g/mol. The minimum atomic E-state index is -0.339. The molecule has 26 heavy (non-hydrogen) atoms. The first-order chi connectivity index (χ1) is 12.6. The number of hydrogen-bond acceptors (Lipinski definition) is 3. The molecule has 1 N–H and O–H groups in total. The van der Waals surface area contributed by atoms with E-state index in [2.05, 4.69) is 31.0 Å². The smallest absolute Gasteiger partial charge is 0.275 e. The SMILES string of the molecule is COc1ccc(Br)cc1C(=O)N/N=C/c1ccc(C)n1-c1ccccc1. The molecule has 0 radical (unpaired) electrons. The second-order valence-corrected chi connectivity index (χ2v) is 6.53. The van der Waals surface area contributed by atoms with Gasteiger partial charge >= 0.3 is 0 Å². The second kappa shape index (κ2) is 8.01. The molecular formula is C20H18BrN3O2. The highest BCUT2D eigenvalue weighted by molar-refractivity contribution is 9.10. The van der Waals surface area contributed by atoms with Crippen molar-refractivity contribution in [3.63, 3.8) is 0 Å². The zero-order chi connectivity index (χ0) is 18.5. The van der Waals surface area contributed by atoms with Gasteiger partial charge in [-0.15, -0.1) is 0 Å². The number of carbonyl (C=O) groups is 1. The summed E-state index contributed by atoms with van der Waals surface area (Å²) < 4.78 is 8.09.